The van der Waals surface area contributed by atoms with E-state index in [2.05, 4.69) is 25.8 Å². The minimum atomic E-state index is 0.355. The summed E-state index contributed by atoms with van der Waals surface area (Å²) in [7, 11) is 2.20. The molecule has 0 radical (unpaired) electrons. The van der Waals surface area contributed by atoms with Gasteiger partial charge in [0.2, 0.25) is 0 Å². The van der Waals surface area contributed by atoms with Gasteiger partial charge in [-0.1, -0.05) is 31.7 Å². The molecule has 0 aromatic heterocycles. The summed E-state index contributed by atoms with van der Waals surface area (Å²) in [6.07, 6.45) is 10.0. The van der Waals surface area contributed by atoms with E-state index in [4.69, 9.17) is 0 Å². The number of carbonyl (C=O) groups is 1. The van der Waals surface area contributed by atoms with E-state index in [0.717, 1.165) is 38.1 Å². The lowest BCUT2D eigenvalue weighted by Crippen LogP contribution is -2.44. The SMILES string of the molecule is Cc1ccc(O)cc1C1CCN(C)C(C)C1CCC(=O)CCC1CCCC1. The fourth-order valence-electron chi connectivity index (χ4n) is 5.40. The van der Waals surface area contributed by atoms with E-state index >= 15 is 0 Å². The van der Waals surface area contributed by atoms with E-state index in [1.807, 2.05) is 12.1 Å². The number of aromatic hydroxyl groups is 1. The lowest BCUT2D eigenvalue weighted by atomic mass is 9.73. The van der Waals surface area contributed by atoms with Gasteiger partial charge >= 0.3 is 0 Å². The second-order valence-electron chi connectivity index (χ2n) is 9.09. The fourth-order valence-corrected chi connectivity index (χ4v) is 5.40. The van der Waals surface area contributed by atoms with Crippen LogP contribution in [0.1, 0.15) is 81.8 Å². The molecule has 1 heterocycles. The maximum atomic E-state index is 12.5. The van der Waals surface area contributed by atoms with Gasteiger partial charge in [-0.3, -0.25) is 4.79 Å². The summed E-state index contributed by atoms with van der Waals surface area (Å²) in [6.45, 7) is 5.52. The van der Waals surface area contributed by atoms with Crippen molar-refractivity contribution in [3.63, 3.8) is 0 Å². The number of phenolic OH excluding ortho intramolecular Hbond substituents is 1. The summed E-state index contributed by atoms with van der Waals surface area (Å²) in [5.74, 6) is 2.52. The van der Waals surface area contributed by atoms with Crippen molar-refractivity contribution in [2.75, 3.05) is 13.6 Å². The molecular weight excluding hydrogens is 334 g/mol. The second kappa shape index (κ2) is 9.23. The van der Waals surface area contributed by atoms with Gasteiger partial charge in [0.25, 0.3) is 0 Å². The number of ketones is 1. The molecule has 1 aromatic carbocycles. The van der Waals surface area contributed by atoms with Gasteiger partial charge in [-0.15, -0.1) is 0 Å². The molecular formula is C24H37NO2. The van der Waals surface area contributed by atoms with Crippen LogP contribution in [-0.2, 0) is 4.79 Å². The molecule has 1 aromatic rings. The number of phenols is 1. The zero-order valence-corrected chi connectivity index (χ0v) is 17.4. The third-order valence-corrected chi connectivity index (χ3v) is 7.35. The zero-order valence-electron chi connectivity index (χ0n) is 17.4. The normalized spacial score (nSPS) is 27.1. The highest BCUT2D eigenvalue weighted by Crippen LogP contribution is 2.41. The van der Waals surface area contributed by atoms with Gasteiger partial charge in [0.1, 0.15) is 11.5 Å². The molecule has 1 aliphatic carbocycles. The molecule has 2 aliphatic rings. The second-order valence-corrected chi connectivity index (χ2v) is 9.09. The smallest absolute Gasteiger partial charge is 0.132 e. The monoisotopic (exact) mass is 371 g/mol. The van der Waals surface area contributed by atoms with E-state index in [1.165, 1.54) is 36.8 Å². The number of benzene rings is 1. The number of carbonyl (C=O) groups excluding carboxylic acids is 1. The van der Waals surface area contributed by atoms with Gasteiger partial charge in [-0.2, -0.15) is 0 Å². The van der Waals surface area contributed by atoms with E-state index < -0.39 is 0 Å². The average molecular weight is 372 g/mol. The van der Waals surface area contributed by atoms with Crippen molar-refractivity contribution in [1.29, 1.82) is 0 Å². The summed E-state index contributed by atoms with van der Waals surface area (Å²) < 4.78 is 0. The molecule has 1 aliphatic heterocycles. The molecule has 0 bridgehead atoms. The highest BCUT2D eigenvalue weighted by Gasteiger charge is 2.35. The summed E-state index contributed by atoms with van der Waals surface area (Å²) in [6, 6.07) is 6.22. The molecule has 1 N–H and O–H groups in total. The van der Waals surface area contributed by atoms with Crippen LogP contribution < -0.4 is 0 Å². The molecule has 3 atom stereocenters. The number of rotatable bonds is 7. The van der Waals surface area contributed by atoms with Gasteiger partial charge in [0, 0.05) is 18.9 Å². The molecule has 3 nitrogen and oxygen atoms in total. The van der Waals surface area contributed by atoms with Crippen LogP contribution in [0.4, 0.5) is 0 Å². The van der Waals surface area contributed by atoms with E-state index in [9.17, 15) is 9.90 Å². The first-order valence-electron chi connectivity index (χ1n) is 11.0. The Kier molecular flexibility index (Phi) is 6.97. The third kappa shape index (κ3) is 5.13. The topological polar surface area (TPSA) is 40.5 Å². The number of aryl methyl sites for hydroxylation is 1. The highest BCUT2D eigenvalue weighted by atomic mass is 16.3. The Morgan fingerprint density at radius 1 is 1.15 bits per heavy atom. The molecule has 0 spiro atoms. The minimum Gasteiger partial charge on any atom is -0.508 e. The number of hydrogen-bond acceptors (Lipinski definition) is 3. The first kappa shape index (κ1) is 20.4. The highest BCUT2D eigenvalue weighted by molar-refractivity contribution is 5.78. The van der Waals surface area contributed by atoms with Gasteiger partial charge in [-0.25, -0.2) is 0 Å². The molecule has 3 heteroatoms. The third-order valence-electron chi connectivity index (χ3n) is 7.35. The van der Waals surface area contributed by atoms with Gasteiger partial charge in [0.05, 0.1) is 0 Å². The molecule has 1 saturated heterocycles. The number of hydrogen-bond donors (Lipinski definition) is 1. The lowest BCUT2D eigenvalue weighted by Gasteiger charge is -2.43. The largest absolute Gasteiger partial charge is 0.508 e. The van der Waals surface area contributed by atoms with Gasteiger partial charge < -0.3 is 10.0 Å². The van der Waals surface area contributed by atoms with Gasteiger partial charge in [-0.05, 0) is 87.7 Å². The lowest BCUT2D eigenvalue weighted by molar-refractivity contribution is -0.119. The van der Waals surface area contributed by atoms with Crippen LogP contribution >= 0.6 is 0 Å². The number of Topliss-reactive ketones (excluding diaryl/α,β-unsaturated/α-hetero) is 1. The van der Waals surface area contributed by atoms with Crippen LogP contribution in [0.3, 0.4) is 0 Å². The van der Waals surface area contributed by atoms with Crippen LogP contribution in [0.25, 0.3) is 0 Å². The molecule has 3 rings (SSSR count). The molecule has 2 fully saturated rings. The van der Waals surface area contributed by atoms with Crippen molar-refractivity contribution in [3.8, 4) is 5.75 Å². The summed E-state index contributed by atoms with van der Waals surface area (Å²) in [4.78, 5) is 15.0. The van der Waals surface area contributed by atoms with Crippen LogP contribution in [0.15, 0.2) is 18.2 Å². The zero-order chi connectivity index (χ0) is 19.4. The van der Waals surface area contributed by atoms with E-state index in [0.29, 0.717) is 35.8 Å². The van der Waals surface area contributed by atoms with Crippen molar-refractivity contribution < 1.29 is 9.90 Å². The molecule has 27 heavy (non-hydrogen) atoms. The molecule has 3 unspecified atom stereocenters. The Morgan fingerprint density at radius 2 is 1.85 bits per heavy atom. The van der Waals surface area contributed by atoms with Crippen LogP contribution in [0.2, 0.25) is 0 Å². The number of piperidine rings is 1. The minimum absolute atomic E-state index is 0.355. The first-order chi connectivity index (χ1) is 13.0. The molecule has 1 saturated carbocycles. The molecule has 0 amide bonds. The van der Waals surface area contributed by atoms with Gasteiger partial charge in [0.15, 0.2) is 0 Å². The van der Waals surface area contributed by atoms with Crippen molar-refractivity contribution in [2.45, 2.75) is 83.6 Å². The standard InChI is InChI=1S/C24H37NO2/c1-17-8-10-21(27)16-24(17)23-14-15-25(3)18(2)22(23)13-12-20(26)11-9-19-6-4-5-7-19/h8,10,16,18-19,22-23,27H,4-7,9,11-15H2,1-3H3. The maximum Gasteiger partial charge on any atom is 0.132 e. The molecule has 150 valence electrons. The van der Waals surface area contributed by atoms with Crippen molar-refractivity contribution in [2.24, 2.45) is 11.8 Å². The van der Waals surface area contributed by atoms with Crippen molar-refractivity contribution in [3.05, 3.63) is 29.3 Å². The van der Waals surface area contributed by atoms with Crippen molar-refractivity contribution >= 4 is 5.78 Å². The fraction of sp³-hybridized carbons (Fsp3) is 0.708. The predicted octanol–water partition coefficient (Wildman–Crippen LogP) is 5.44. The number of nitrogens with zero attached hydrogens (tertiary/aromatic N) is 1. The summed E-state index contributed by atoms with van der Waals surface area (Å²) in [5.41, 5.74) is 2.53. The Bertz CT molecular complexity index is 635. The first-order valence-corrected chi connectivity index (χ1v) is 11.0. The van der Waals surface area contributed by atoms with Crippen LogP contribution in [0, 0.1) is 18.8 Å². The maximum absolute atomic E-state index is 12.5. The van der Waals surface area contributed by atoms with Crippen LogP contribution in [-0.4, -0.2) is 35.4 Å². The Hall–Kier alpha value is -1.35. The quantitative estimate of drug-likeness (QED) is 0.693. The van der Waals surface area contributed by atoms with E-state index in [-0.39, 0.29) is 0 Å². The Morgan fingerprint density at radius 3 is 2.59 bits per heavy atom. The summed E-state index contributed by atoms with van der Waals surface area (Å²) >= 11 is 0. The predicted molar refractivity (Wildman–Crippen MR) is 111 cm³/mol. The van der Waals surface area contributed by atoms with Crippen LogP contribution in [0.5, 0.6) is 5.75 Å². The summed E-state index contributed by atoms with van der Waals surface area (Å²) in [5, 5.41) is 10.00. The Balaban J connectivity index is 1.63. The van der Waals surface area contributed by atoms with E-state index in [1.54, 1.807) is 6.07 Å². The number of likely N-dealkylation sites (tertiary alicyclic amines) is 1. The Labute approximate surface area is 165 Å². The average Bonchev–Trinajstić information content (AvgIpc) is 3.17. The van der Waals surface area contributed by atoms with Crippen molar-refractivity contribution in [1.82, 2.24) is 4.90 Å².